The number of nitrogen functional groups attached to an aromatic ring is 1. The minimum absolute atomic E-state index is 0.000283. The number of aromatic nitrogens is 2. The van der Waals surface area contributed by atoms with Crippen molar-refractivity contribution in [1.82, 2.24) is 15.0 Å². The van der Waals surface area contributed by atoms with Gasteiger partial charge in [0.15, 0.2) is 10.8 Å². The van der Waals surface area contributed by atoms with Crippen LogP contribution in [0.1, 0.15) is 41.3 Å². The van der Waals surface area contributed by atoms with Gasteiger partial charge in [-0.05, 0) is 25.8 Å². The Hall–Kier alpha value is -1.76. The minimum atomic E-state index is -0.632. The number of aryl methyl sites for hydroxylation is 1. The van der Waals surface area contributed by atoms with Gasteiger partial charge in [0.1, 0.15) is 5.02 Å². The molecule has 3 N–H and O–H groups in total. The number of nitrogens with two attached hydrogens (primary N) is 1. The van der Waals surface area contributed by atoms with E-state index in [2.05, 4.69) is 33.9 Å². The Balaban J connectivity index is 2.18. The molecule has 1 amide bonds. The second-order valence-corrected chi connectivity index (χ2v) is 7.44. The minimum Gasteiger partial charge on any atom is -0.396 e. The summed E-state index contributed by atoms with van der Waals surface area (Å²) in [6.45, 7) is 9.28. The van der Waals surface area contributed by atoms with Crippen molar-refractivity contribution in [2.24, 2.45) is 11.0 Å². The first-order valence-electron chi connectivity index (χ1n) is 7.93. The van der Waals surface area contributed by atoms with Gasteiger partial charge in [-0.3, -0.25) is 4.79 Å². The predicted octanol–water partition coefficient (Wildman–Crippen LogP) is 4.46. The van der Waals surface area contributed by atoms with Crippen LogP contribution in [0.5, 0.6) is 0 Å². The summed E-state index contributed by atoms with van der Waals surface area (Å²) >= 11 is 17.7. The van der Waals surface area contributed by atoms with E-state index in [-0.39, 0.29) is 26.6 Å². The number of hydrogen-bond acceptors (Lipinski definition) is 4. The van der Waals surface area contributed by atoms with Crippen LogP contribution in [0.2, 0.25) is 15.2 Å². The van der Waals surface area contributed by atoms with Crippen LogP contribution >= 0.6 is 34.8 Å². The van der Waals surface area contributed by atoms with Crippen molar-refractivity contribution in [1.29, 1.82) is 0 Å². The van der Waals surface area contributed by atoms with Crippen molar-refractivity contribution >= 4 is 52.6 Å². The molecule has 0 aromatic carbocycles. The Kier molecular flexibility index (Phi) is 6.55. The summed E-state index contributed by atoms with van der Waals surface area (Å²) in [5, 5.41) is 3.83. The molecule has 0 fully saturated rings. The first kappa shape index (κ1) is 20.6. The Labute approximate surface area is 167 Å². The highest BCUT2D eigenvalue weighted by Gasteiger charge is 2.19. The van der Waals surface area contributed by atoms with Crippen LogP contribution in [-0.2, 0) is 6.54 Å². The number of nitrogens with zero attached hydrogens (tertiary/aromatic N) is 3. The normalized spacial score (nSPS) is 11.5. The third-order valence-corrected chi connectivity index (χ3v) is 4.95. The second kappa shape index (κ2) is 8.29. The molecule has 0 unspecified atom stereocenters. The summed E-state index contributed by atoms with van der Waals surface area (Å²) in [6.07, 6.45) is 1.58. The van der Waals surface area contributed by atoms with E-state index in [1.54, 1.807) is 6.21 Å². The van der Waals surface area contributed by atoms with Gasteiger partial charge in [0.25, 0.3) is 5.91 Å². The van der Waals surface area contributed by atoms with Crippen molar-refractivity contribution in [3.8, 4) is 0 Å². The molecule has 0 saturated carbocycles. The number of halogens is 3. The van der Waals surface area contributed by atoms with E-state index in [1.165, 1.54) is 0 Å². The lowest BCUT2D eigenvalue weighted by molar-refractivity contribution is 0.0950. The van der Waals surface area contributed by atoms with Crippen molar-refractivity contribution < 1.29 is 4.79 Å². The van der Waals surface area contributed by atoms with E-state index >= 15 is 0 Å². The SMILES string of the molecule is Cc1cc(C=NNC(=O)c2nc(Cl)c(Cl)c(N)c2Cl)c(C)n1CC(C)C. The van der Waals surface area contributed by atoms with Crippen LogP contribution in [-0.4, -0.2) is 21.7 Å². The number of hydrogen-bond donors (Lipinski definition) is 2. The Bertz CT molecular complexity index is 874. The van der Waals surface area contributed by atoms with Crippen LogP contribution in [0, 0.1) is 19.8 Å². The highest BCUT2D eigenvalue weighted by atomic mass is 35.5. The predicted molar refractivity (Wildman–Crippen MR) is 107 cm³/mol. The van der Waals surface area contributed by atoms with Gasteiger partial charge in [0.2, 0.25) is 0 Å². The molecular formula is C17H20Cl3N5O. The smallest absolute Gasteiger partial charge is 0.291 e. The number of anilines is 1. The highest BCUT2D eigenvalue weighted by molar-refractivity contribution is 6.46. The molecule has 2 heterocycles. The van der Waals surface area contributed by atoms with Crippen LogP contribution in [0.3, 0.4) is 0 Å². The molecular weight excluding hydrogens is 397 g/mol. The number of pyridine rings is 1. The van der Waals surface area contributed by atoms with Gasteiger partial charge in [0, 0.05) is 23.5 Å². The van der Waals surface area contributed by atoms with Crippen molar-refractivity contribution in [2.45, 2.75) is 34.2 Å². The van der Waals surface area contributed by atoms with Crippen LogP contribution < -0.4 is 11.2 Å². The molecule has 26 heavy (non-hydrogen) atoms. The second-order valence-electron chi connectivity index (χ2n) is 6.32. The Morgan fingerprint density at radius 1 is 1.35 bits per heavy atom. The topological polar surface area (TPSA) is 85.3 Å². The van der Waals surface area contributed by atoms with Crippen molar-refractivity contribution in [2.75, 3.05) is 5.73 Å². The quantitative estimate of drug-likeness (QED) is 0.428. The van der Waals surface area contributed by atoms with Gasteiger partial charge in [0.05, 0.1) is 16.9 Å². The van der Waals surface area contributed by atoms with Gasteiger partial charge in [-0.2, -0.15) is 5.10 Å². The number of carbonyl (C=O) groups is 1. The Morgan fingerprint density at radius 3 is 2.62 bits per heavy atom. The van der Waals surface area contributed by atoms with E-state index < -0.39 is 5.91 Å². The molecule has 2 aromatic rings. The number of nitrogens with one attached hydrogen (secondary N) is 1. The van der Waals surface area contributed by atoms with E-state index in [4.69, 9.17) is 40.5 Å². The van der Waals surface area contributed by atoms with Gasteiger partial charge in [-0.15, -0.1) is 0 Å². The lowest BCUT2D eigenvalue weighted by Gasteiger charge is -2.11. The first-order valence-corrected chi connectivity index (χ1v) is 9.07. The van der Waals surface area contributed by atoms with Crippen LogP contribution in [0.4, 0.5) is 5.69 Å². The molecule has 2 aromatic heterocycles. The molecule has 0 aliphatic rings. The molecule has 0 atom stereocenters. The number of amides is 1. The summed E-state index contributed by atoms with van der Waals surface area (Å²) in [5.41, 5.74) is 11.1. The van der Waals surface area contributed by atoms with E-state index in [9.17, 15) is 4.79 Å². The largest absolute Gasteiger partial charge is 0.396 e. The zero-order valence-electron chi connectivity index (χ0n) is 14.9. The van der Waals surface area contributed by atoms with Gasteiger partial charge < -0.3 is 10.3 Å². The van der Waals surface area contributed by atoms with Gasteiger partial charge in [-0.25, -0.2) is 10.4 Å². The van der Waals surface area contributed by atoms with Crippen LogP contribution in [0.25, 0.3) is 0 Å². The van der Waals surface area contributed by atoms with Crippen molar-refractivity contribution in [3.05, 3.63) is 43.9 Å². The van der Waals surface area contributed by atoms with Gasteiger partial charge in [-0.1, -0.05) is 48.7 Å². The monoisotopic (exact) mass is 415 g/mol. The lowest BCUT2D eigenvalue weighted by Crippen LogP contribution is -2.20. The fraction of sp³-hybridized carbons (Fsp3) is 0.353. The summed E-state index contributed by atoms with van der Waals surface area (Å²) in [5.74, 6) is -0.106. The van der Waals surface area contributed by atoms with Crippen molar-refractivity contribution in [3.63, 3.8) is 0 Å². The summed E-state index contributed by atoms with van der Waals surface area (Å²) in [6, 6.07) is 2.01. The van der Waals surface area contributed by atoms with Gasteiger partial charge >= 0.3 is 0 Å². The van der Waals surface area contributed by atoms with E-state index in [0.717, 1.165) is 23.5 Å². The standard InChI is InChI=1S/C17H20Cl3N5O/c1-8(2)7-25-9(3)5-11(10(25)4)6-22-24-17(26)15-12(18)14(21)13(19)16(20)23-15/h5-6,8H,7H2,1-4H3,(H2,21,23)(H,24,26). The molecule has 6 nitrogen and oxygen atoms in total. The molecule has 0 bridgehead atoms. The first-order chi connectivity index (χ1) is 12.1. The van der Waals surface area contributed by atoms with E-state index in [1.807, 2.05) is 19.9 Å². The fourth-order valence-electron chi connectivity index (χ4n) is 2.50. The number of carbonyl (C=O) groups excluding carboxylic acids is 1. The zero-order valence-corrected chi connectivity index (χ0v) is 17.2. The average molecular weight is 417 g/mol. The van der Waals surface area contributed by atoms with Crippen LogP contribution in [0.15, 0.2) is 11.2 Å². The number of rotatable bonds is 5. The molecule has 2 rings (SSSR count). The third kappa shape index (κ3) is 4.31. The van der Waals surface area contributed by atoms with E-state index in [0.29, 0.717) is 5.92 Å². The molecule has 0 aliphatic heterocycles. The third-order valence-electron chi connectivity index (χ3n) is 3.82. The highest BCUT2D eigenvalue weighted by Crippen LogP contribution is 2.34. The maximum atomic E-state index is 12.2. The average Bonchev–Trinajstić information content (AvgIpc) is 2.83. The number of hydrazone groups is 1. The fourth-order valence-corrected chi connectivity index (χ4v) is 3.09. The zero-order chi connectivity index (χ0) is 19.6. The molecule has 0 saturated heterocycles. The Morgan fingerprint density at radius 2 is 2.00 bits per heavy atom. The maximum Gasteiger partial charge on any atom is 0.291 e. The summed E-state index contributed by atoms with van der Waals surface area (Å²) < 4.78 is 2.21. The summed E-state index contributed by atoms with van der Waals surface area (Å²) in [7, 11) is 0. The molecule has 9 heteroatoms. The molecule has 0 radical (unpaired) electrons. The summed E-state index contributed by atoms with van der Waals surface area (Å²) in [4.78, 5) is 16.1. The molecule has 0 aliphatic carbocycles. The molecule has 0 spiro atoms. The maximum absolute atomic E-state index is 12.2. The lowest BCUT2D eigenvalue weighted by atomic mass is 10.2. The molecule has 140 valence electrons.